The Morgan fingerprint density at radius 3 is 2.40 bits per heavy atom. The van der Waals surface area contributed by atoms with E-state index < -0.39 is 0 Å². The Morgan fingerprint density at radius 2 is 1.77 bits per heavy atom. The quantitative estimate of drug-likeness (QED) is 0.677. The summed E-state index contributed by atoms with van der Waals surface area (Å²) in [7, 11) is 0. The van der Waals surface area contributed by atoms with Gasteiger partial charge in [0.1, 0.15) is 0 Å². The zero-order valence-corrected chi connectivity index (χ0v) is 17.3. The number of hydrogen-bond acceptors (Lipinski definition) is 6. The standard InChI is InChI=1S/C23H26N4O3/c1-16-3-5-18(6-4-16)21(27-11-13-29-14-12-27)15-24-22(28)19-7-9-20(10-8-19)23-25-17(2)26-30-23/h3-10,21H,11-15H2,1-2H3,(H,24,28)/t21-/m1/s1. The molecular weight excluding hydrogens is 380 g/mol. The van der Waals surface area contributed by atoms with Gasteiger partial charge in [0.05, 0.1) is 19.3 Å². The topological polar surface area (TPSA) is 80.5 Å². The molecule has 0 spiro atoms. The monoisotopic (exact) mass is 406 g/mol. The molecule has 0 unspecified atom stereocenters. The third-order valence-corrected chi connectivity index (χ3v) is 5.33. The van der Waals surface area contributed by atoms with Crippen LogP contribution in [-0.2, 0) is 4.74 Å². The number of amides is 1. The molecule has 7 nitrogen and oxygen atoms in total. The smallest absolute Gasteiger partial charge is 0.257 e. The second-order valence-electron chi connectivity index (χ2n) is 7.51. The van der Waals surface area contributed by atoms with E-state index in [1.54, 1.807) is 19.1 Å². The summed E-state index contributed by atoms with van der Waals surface area (Å²) in [5.74, 6) is 0.928. The Bertz CT molecular complexity index is 976. The third kappa shape index (κ3) is 4.75. The fraction of sp³-hybridized carbons (Fsp3) is 0.348. The summed E-state index contributed by atoms with van der Waals surface area (Å²) < 4.78 is 10.7. The van der Waals surface area contributed by atoms with E-state index in [0.29, 0.717) is 37.0 Å². The van der Waals surface area contributed by atoms with Crippen molar-refractivity contribution in [2.75, 3.05) is 32.8 Å². The zero-order valence-electron chi connectivity index (χ0n) is 17.3. The lowest BCUT2D eigenvalue weighted by atomic mass is 10.0. The van der Waals surface area contributed by atoms with Gasteiger partial charge in [-0.25, -0.2) is 0 Å². The van der Waals surface area contributed by atoms with Crippen molar-refractivity contribution in [3.8, 4) is 11.5 Å². The van der Waals surface area contributed by atoms with Crippen molar-refractivity contribution in [1.82, 2.24) is 20.4 Å². The van der Waals surface area contributed by atoms with E-state index in [2.05, 4.69) is 51.5 Å². The number of morpholine rings is 1. The lowest BCUT2D eigenvalue weighted by Crippen LogP contribution is -2.43. The average Bonchev–Trinajstić information content (AvgIpc) is 3.22. The van der Waals surface area contributed by atoms with Crippen molar-refractivity contribution >= 4 is 5.91 Å². The molecule has 30 heavy (non-hydrogen) atoms. The van der Waals surface area contributed by atoms with Crippen molar-refractivity contribution < 1.29 is 14.1 Å². The maximum Gasteiger partial charge on any atom is 0.257 e. The zero-order chi connectivity index (χ0) is 20.9. The highest BCUT2D eigenvalue weighted by Gasteiger charge is 2.23. The van der Waals surface area contributed by atoms with E-state index in [-0.39, 0.29) is 11.9 Å². The van der Waals surface area contributed by atoms with Gasteiger partial charge in [0.25, 0.3) is 11.8 Å². The first-order valence-electron chi connectivity index (χ1n) is 10.2. The van der Waals surface area contributed by atoms with Gasteiger partial charge in [-0.15, -0.1) is 0 Å². The number of aryl methyl sites for hydroxylation is 2. The number of rotatable bonds is 6. The van der Waals surface area contributed by atoms with E-state index in [1.165, 1.54) is 11.1 Å². The molecule has 0 bridgehead atoms. The van der Waals surface area contributed by atoms with Gasteiger partial charge in [-0.2, -0.15) is 4.98 Å². The molecule has 1 aliphatic heterocycles. The Kier molecular flexibility index (Phi) is 6.21. The Labute approximate surface area is 176 Å². The second kappa shape index (κ2) is 9.19. The summed E-state index contributed by atoms with van der Waals surface area (Å²) in [4.78, 5) is 19.3. The summed E-state index contributed by atoms with van der Waals surface area (Å²) >= 11 is 0. The first-order chi connectivity index (χ1) is 14.6. The van der Waals surface area contributed by atoms with Crippen LogP contribution in [0.15, 0.2) is 53.1 Å². The molecule has 1 fully saturated rings. The van der Waals surface area contributed by atoms with Gasteiger partial charge in [-0.1, -0.05) is 35.0 Å². The minimum Gasteiger partial charge on any atom is -0.379 e. The lowest BCUT2D eigenvalue weighted by molar-refractivity contribution is 0.0162. The molecule has 0 aliphatic carbocycles. The summed E-state index contributed by atoms with van der Waals surface area (Å²) in [6.45, 7) is 7.52. The third-order valence-electron chi connectivity index (χ3n) is 5.33. The van der Waals surface area contributed by atoms with Gasteiger partial charge < -0.3 is 14.6 Å². The van der Waals surface area contributed by atoms with Crippen LogP contribution in [-0.4, -0.2) is 53.8 Å². The molecule has 4 rings (SSSR count). The SMILES string of the molecule is Cc1ccc([C@@H](CNC(=O)c2ccc(-c3nc(C)no3)cc2)N2CCOCC2)cc1. The predicted octanol–water partition coefficient (Wildman–Crippen LogP) is 3.16. The number of carbonyl (C=O) groups excluding carboxylic acids is 1. The van der Waals surface area contributed by atoms with E-state index in [0.717, 1.165) is 18.7 Å². The van der Waals surface area contributed by atoms with Crippen LogP contribution < -0.4 is 5.32 Å². The van der Waals surface area contributed by atoms with Crippen LogP contribution in [0.3, 0.4) is 0 Å². The molecule has 1 amide bonds. The first kappa shape index (κ1) is 20.3. The van der Waals surface area contributed by atoms with Crippen LogP contribution in [0.25, 0.3) is 11.5 Å². The molecule has 1 saturated heterocycles. The molecule has 156 valence electrons. The lowest BCUT2D eigenvalue weighted by Gasteiger charge is -2.35. The van der Waals surface area contributed by atoms with Crippen molar-refractivity contribution in [1.29, 1.82) is 0 Å². The van der Waals surface area contributed by atoms with Crippen molar-refractivity contribution in [3.63, 3.8) is 0 Å². The van der Waals surface area contributed by atoms with E-state index >= 15 is 0 Å². The van der Waals surface area contributed by atoms with Gasteiger partial charge in [-0.05, 0) is 43.7 Å². The largest absolute Gasteiger partial charge is 0.379 e. The molecule has 1 aromatic heterocycles. The molecule has 1 atom stereocenters. The van der Waals surface area contributed by atoms with E-state index in [1.807, 2.05) is 12.1 Å². The fourth-order valence-electron chi connectivity index (χ4n) is 3.61. The number of benzene rings is 2. The van der Waals surface area contributed by atoms with Crippen LogP contribution in [0.5, 0.6) is 0 Å². The van der Waals surface area contributed by atoms with Gasteiger partial charge in [0, 0.05) is 30.8 Å². The maximum atomic E-state index is 12.8. The highest BCUT2D eigenvalue weighted by molar-refractivity contribution is 5.94. The molecule has 7 heteroatoms. The van der Waals surface area contributed by atoms with E-state index in [4.69, 9.17) is 9.26 Å². The van der Waals surface area contributed by atoms with Crippen LogP contribution in [0, 0.1) is 13.8 Å². The number of hydrogen-bond donors (Lipinski definition) is 1. The average molecular weight is 406 g/mol. The normalized spacial score (nSPS) is 15.7. The number of nitrogens with one attached hydrogen (secondary N) is 1. The minimum absolute atomic E-state index is 0.103. The Balaban J connectivity index is 1.44. The summed E-state index contributed by atoms with van der Waals surface area (Å²) in [5, 5.41) is 6.90. The molecule has 1 N–H and O–H groups in total. The Hall–Kier alpha value is -3.03. The van der Waals surface area contributed by atoms with Gasteiger partial charge >= 0.3 is 0 Å². The minimum atomic E-state index is -0.103. The summed E-state index contributed by atoms with van der Waals surface area (Å²) in [6, 6.07) is 15.8. The second-order valence-corrected chi connectivity index (χ2v) is 7.51. The van der Waals surface area contributed by atoms with Crippen LogP contribution in [0.2, 0.25) is 0 Å². The molecule has 1 aliphatic rings. The number of carbonyl (C=O) groups is 1. The Morgan fingerprint density at radius 1 is 1.07 bits per heavy atom. The van der Waals surface area contributed by atoms with Crippen LogP contribution in [0.1, 0.15) is 33.4 Å². The number of aromatic nitrogens is 2. The first-order valence-corrected chi connectivity index (χ1v) is 10.2. The van der Waals surface area contributed by atoms with Crippen LogP contribution >= 0.6 is 0 Å². The molecule has 2 heterocycles. The molecule has 2 aromatic carbocycles. The summed E-state index contributed by atoms with van der Waals surface area (Å²) in [6.07, 6.45) is 0. The molecule has 3 aromatic rings. The molecule has 0 radical (unpaired) electrons. The van der Waals surface area contributed by atoms with Crippen molar-refractivity contribution in [2.45, 2.75) is 19.9 Å². The van der Waals surface area contributed by atoms with Crippen molar-refractivity contribution in [3.05, 3.63) is 71.0 Å². The van der Waals surface area contributed by atoms with Crippen molar-refractivity contribution in [2.24, 2.45) is 0 Å². The van der Waals surface area contributed by atoms with Gasteiger partial charge in [0.2, 0.25) is 0 Å². The molecular formula is C23H26N4O3. The summed E-state index contributed by atoms with van der Waals surface area (Å²) in [5.41, 5.74) is 3.81. The molecule has 0 saturated carbocycles. The maximum absolute atomic E-state index is 12.8. The number of ether oxygens (including phenoxy) is 1. The highest BCUT2D eigenvalue weighted by Crippen LogP contribution is 2.22. The predicted molar refractivity (Wildman–Crippen MR) is 113 cm³/mol. The van der Waals surface area contributed by atoms with Crippen LogP contribution in [0.4, 0.5) is 0 Å². The van der Waals surface area contributed by atoms with E-state index in [9.17, 15) is 4.79 Å². The fourth-order valence-corrected chi connectivity index (χ4v) is 3.61. The van der Waals surface area contributed by atoms with Gasteiger partial charge in [-0.3, -0.25) is 9.69 Å². The highest BCUT2D eigenvalue weighted by atomic mass is 16.5. The van der Waals surface area contributed by atoms with Gasteiger partial charge in [0.15, 0.2) is 5.82 Å². The number of nitrogens with zero attached hydrogens (tertiary/aromatic N) is 3.